The van der Waals surface area contributed by atoms with Crippen LogP contribution < -0.4 is 4.74 Å². The van der Waals surface area contributed by atoms with Crippen LogP contribution in [0.2, 0.25) is 0 Å². The molecule has 0 radical (unpaired) electrons. The van der Waals surface area contributed by atoms with E-state index in [0.717, 1.165) is 16.7 Å². The van der Waals surface area contributed by atoms with Crippen molar-refractivity contribution in [3.05, 3.63) is 70.6 Å². The van der Waals surface area contributed by atoms with E-state index in [1.165, 1.54) is 6.08 Å². The summed E-state index contributed by atoms with van der Waals surface area (Å²) >= 11 is 0.736. The highest BCUT2D eigenvalue weighted by molar-refractivity contribution is 8.18. The lowest BCUT2D eigenvalue weighted by Crippen LogP contribution is -2.34. The van der Waals surface area contributed by atoms with E-state index in [2.05, 4.69) is 0 Å². The van der Waals surface area contributed by atoms with Gasteiger partial charge in [-0.25, -0.2) is 4.79 Å². The Morgan fingerprint density at radius 1 is 1.07 bits per heavy atom. The summed E-state index contributed by atoms with van der Waals surface area (Å²) in [5.41, 5.74) is 0.989. The number of esters is 2. The zero-order valence-corrected chi connectivity index (χ0v) is 16.3. The third kappa shape index (κ3) is 5.11. The highest BCUT2D eigenvalue weighted by atomic mass is 32.2. The fraction of sp³-hybridized carbons (Fsp3) is 0.143. The molecule has 2 amide bonds. The Kier molecular flexibility index (Phi) is 6.46. The minimum absolute atomic E-state index is 0.166. The zero-order valence-electron chi connectivity index (χ0n) is 15.5. The lowest BCUT2D eigenvalue weighted by Gasteiger charge is -2.10. The van der Waals surface area contributed by atoms with Crippen LogP contribution >= 0.6 is 11.8 Å². The average Bonchev–Trinajstić information content (AvgIpc) is 2.96. The monoisotopic (exact) mass is 411 g/mol. The van der Waals surface area contributed by atoms with E-state index < -0.39 is 29.6 Å². The second kappa shape index (κ2) is 9.20. The van der Waals surface area contributed by atoms with Crippen molar-refractivity contribution in [2.75, 3.05) is 13.2 Å². The molecule has 0 N–H and O–H groups in total. The first-order valence-electron chi connectivity index (χ1n) is 8.76. The Morgan fingerprint density at radius 2 is 1.83 bits per heavy atom. The van der Waals surface area contributed by atoms with Gasteiger partial charge in [0.15, 0.2) is 0 Å². The van der Waals surface area contributed by atoms with E-state index in [1.807, 2.05) is 0 Å². The van der Waals surface area contributed by atoms with Crippen LogP contribution in [0.25, 0.3) is 6.08 Å². The summed E-state index contributed by atoms with van der Waals surface area (Å²) in [5.74, 6) is -1.42. The van der Waals surface area contributed by atoms with E-state index in [9.17, 15) is 19.2 Å². The van der Waals surface area contributed by atoms with E-state index in [1.54, 1.807) is 61.5 Å². The van der Waals surface area contributed by atoms with Crippen LogP contribution in [-0.2, 0) is 14.3 Å². The molecule has 8 heteroatoms. The number of hydrogen-bond acceptors (Lipinski definition) is 7. The van der Waals surface area contributed by atoms with Gasteiger partial charge in [0.25, 0.3) is 11.1 Å². The normalized spacial score (nSPS) is 14.9. The van der Waals surface area contributed by atoms with Gasteiger partial charge in [-0.05, 0) is 54.6 Å². The summed E-state index contributed by atoms with van der Waals surface area (Å²) < 4.78 is 10.1. The van der Waals surface area contributed by atoms with Gasteiger partial charge in [-0.3, -0.25) is 19.3 Å². The highest BCUT2D eigenvalue weighted by Gasteiger charge is 2.36. The molecule has 0 aliphatic carbocycles. The molecule has 1 aliphatic rings. The second-order valence-corrected chi connectivity index (χ2v) is 6.89. The van der Waals surface area contributed by atoms with Crippen molar-refractivity contribution in [1.82, 2.24) is 4.90 Å². The van der Waals surface area contributed by atoms with Crippen molar-refractivity contribution < 1.29 is 28.7 Å². The van der Waals surface area contributed by atoms with Crippen molar-refractivity contribution >= 4 is 40.9 Å². The van der Waals surface area contributed by atoms with Crippen molar-refractivity contribution in [2.24, 2.45) is 0 Å². The molecule has 0 aromatic heterocycles. The molecule has 1 aliphatic heterocycles. The molecule has 0 unspecified atom stereocenters. The fourth-order valence-electron chi connectivity index (χ4n) is 2.53. The number of rotatable bonds is 6. The molecule has 29 heavy (non-hydrogen) atoms. The van der Waals surface area contributed by atoms with Crippen LogP contribution in [-0.4, -0.2) is 41.1 Å². The Hall–Kier alpha value is -3.39. The van der Waals surface area contributed by atoms with Crippen molar-refractivity contribution in [1.29, 1.82) is 0 Å². The molecule has 2 aromatic rings. The SMILES string of the molecule is CCOC(=O)CN1C(=O)S/C(=C\c2cccc(OC(=O)c3ccccc3)c2)C1=O. The minimum Gasteiger partial charge on any atom is -0.465 e. The van der Waals surface area contributed by atoms with Gasteiger partial charge in [-0.2, -0.15) is 0 Å². The lowest BCUT2D eigenvalue weighted by molar-refractivity contribution is -0.145. The third-order valence-corrected chi connectivity index (χ3v) is 4.75. The molecule has 3 rings (SSSR count). The quantitative estimate of drug-likeness (QED) is 0.408. The largest absolute Gasteiger partial charge is 0.465 e. The first-order chi connectivity index (χ1) is 14.0. The number of carbonyl (C=O) groups excluding carboxylic acids is 4. The van der Waals surface area contributed by atoms with Gasteiger partial charge >= 0.3 is 11.9 Å². The van der Waals surface area contributed by atoms with Gasteiger partial charge in [0, 0.05) is 0 Å². The molecule has 7 nitrogen and oxygen atoms in total. The molecule has 0 bridgehead atoms. The summed E-state index contributed by atoms with van der Waals surface area (Å²) in [5, 5.41) is -0.541. The summed E-state index contributed by atoms with van der Waals surface area (Å²) in [4.78, 5) is 49.2. The highest BCUT2D eigenvalue weighted by Crippen LogP contribution is 2.32. The van der Waals surface area contributed by atoms with Crippen LogP contribution in [0.1, 0.15) is 22.8 Å². The number of nitrogens with zero attached hydrogens (tertiary/aromatic N) is 1. The van der Waals surface area contributed by atoms with Gasteiger partial charge in [-0.15, -0.1) is 0 Å². The van der Waals surface area contributed by atoms with Gasteiger partial charge in [0.1, 0.15) is 12.3 Å². The second-order valence-electron chi connectivity index (χ2n) is 5.90. The molecule has 148 valence electrons. The Balaban J connectivity index is 1.73. The van der Waals surface area contributed by atoms with Crippen molar-refractivity contribution in [3.8, 4) is 5.75 Å². The Bertz CT molecular complexity index is 986. The maximum Gasteiger partial charge on any atom is 0.343 e. The number of thioether (sulfide) groups is 1. The van der Waals surface area contributed by atoms with Crippen LogP contribution in [0.3, 0.4) is 0 Å². The molecule has 1 heterocycles. The molecule has 0 spiro atoms. The first-order valence-corrected chi connectivity index (χ1v) is 9.58. The minimum atomic E-state index is -0.647. The van der Waals surface area contributed by atoms with Gasteiger partial charge in [0.05, 0.1) is 17.1 Å². The molecule has 0 atom stereocenters. The van der Waals surface area contributed by atoms with Gasteiger partial charge in [-0.1, -0.05) is 30.3 Å². The van der Waals surface area contributed by atoms with E-state index in [0.29, 0.717) is 16.9 Å². The molecular formula is C21H17NO6S. The van der Waals surface area contributed by atoms with Crippen LogP contribution in [0, 0.1) is 0 Å². The van der Waals surface area contributed by atoms with Crippen molar-refractivity contribution in [3.63, 3.8) is 0 Å². The van der Waals surface area contributed by atoms with E-state index in [-0.39, 0.29) is 11.5 Å². The maximum atomic E-state index is 12.4. The van der Waals surface area contributed by atoms with E-state index >= 15 is 0 Å². The molecule has 1 saturated heterocycles. The fourth-order valence-corrected chi connectivity index (χ4v) is 3.37. The number of benzene rings is 2. The number of imide groups is 1. The number of amides is 2. The smallest absolute Gasteiger partial charge is 0.343 e. The van der Waals surface area contributed by atoms with Crippen LogP contribution in [0.15, 0.2) is 59.5 Å². The number of carbonyl (C=O) groups is 4. The average molecular weight is 411 g/mol. The first kappa shape index (κ1) is 20.3. The molecular weight excluding hydrogens is 394 g/mol. The van der Waals surface area contributed by atoms with Crippen LogP contribution in [0.5, 0.6) is 5.75 Å². The molecule has 2 aromatic carbocycles. The van der Waals surface area contributed by atoms with Gasteiger partial charge in [0.2, 0.25) is 0 Å². The topological polar surface area (TPSA) is 90.0 Å². The number of hydrogen-bond donors (Lipinski definition) is 0. The van der Waals surface area contributed by atoms with Crippen molar-refractivity contribution in [2.45, 2.75) is 6.92 Å². The predicted octanol–water partition coefficient (Wildman–Crippen LogP) is 3.51. The Morgan fingerprint density at radius 3 is 2.55 bits per heavy atom. The predicted molar refractivity (Wildman–Crippen MR) is 107 cm³/mol. The van der Waals surface area contributed by atoms with Crippen LogP contribution in [0.4, 0.5) is 4.79 Å². The number of ether oxygens (including phenoxy) is 2. The summed E-state index contributed by atoms with van der Waals surface area (Å²) in [6, 6.07) is 15.1. The summed E-state index contributed by atoms with van der Waals surface area (Å²) in [6.45, 7) is 1.38. The molecule has 0 saturated carbocycles. The lowest BCUT2D eigenvalue weighted by atomic mass is 10.2. The molecule has 1 fully saturated rings. The maximum absolute atomic E-state index is 12.4. The van der Waals surface area contributed by atoms with Gasteiger partial charge < -0.3 is 9.47 Å². The Labute approximate surface area is 171 Å². The van der Waals surface area contributed by atoms with E-state index in [4.69, 9.17) is 9.47 Å². The summed E-state index contributed by atoms with van der Waals surface area (Å²) in [6.07, 6.45) is 1.51. The standard InChI is InChI=1S/C21H17NO6S/c1-2-27-18(23)13-22-19(24)17(29-21(22)26)12-14-7-6-10-16(11-14)28-20(25)15-8-4-3-5-9-15/h3-12H,2,13H2,1H3/b17-12-. The summed E-state index contributed by atoms with van der Waals surface area (Å²) in [7, 11) is 0. The zero-order chi connectivity index (χ0) is 20.8. The third-order valence-electron chi connectivity index (χ3n) is 3.84.